The van der Waals surface area contributed by atoms with Gasteiger partial charge in [0.15, 0.2) is 6.61 Å². The summed E-state index contributed by atoms with van der Waals surface area (Å²) in [6.07, 6.45) is 1.92. The van der Waals surface area contributed by atoms with Crippen LogP contribution in [0.3, 0.4) is 0 Å². The van der Waals surface area contributed by atoms with Crippen LogP contribution in [0.2, 0.25) is 0 Å². The van der Waals surface area contributed by atoms with E-state index in [4.69, 9.17) is 14.7 Å². The summed E-state index contributed by atoms with van der Waals surface area (Å²) in [7, 11) is 1.64. The number of amides is 1. The Morgan fingerprint density at radius 2 is 2.04 bits per heavy atom. The lowest BCUT2D eigenvalue weighted by atomic mass is 10.0. The fraction of sp³-hybridized carbons (Fsp3) is 0.300. The number of ether oxygens (including phenoxy) is 2. The van der Waals surface area contributed by atoms with Crippen molar-refractivity contribution in [3.8, 4) is 17.6 Å². The zero-order chi connectivity index (χ0) is 17.6. The average Bonchev–Trinajstić information content (AvgIpc) is 3.16. The van der Waals surface area contributed by atoms with Gasteiger partial charge in [0.1, 0.15) is 11.5 Å². The van der Waals surface area contributed by atoms with Crippen LogP contribution in [0, 0.1) is 11.3 Å². The highest BCUT2D eigenvalue weighted by atomic mass is 16.5. The maximum atomic E-state index is 12.6. The first-order chi connectivity index (χ1) is 12.2. The smallest absolute Gasteiger partial charge is 0.261 e. The van der Waals surface area contributed by atoms with Crippen molar-refractivity contribution in [2.75, 3.05) is 20.3 Å². The van der Waals surface area contributed by atoms with Gasteiger partial charge in [0.25, 0.3) is 5.91 Å². The van der Waals surface area contributed by atoms with Gasteiger partial charge < -0.3 is 14.4 Å². The van der Waals surface area contributed by atoms with Crippen molar-refractivity contribution in [3.63, 3.8) is 0 Å². The Morgan fingerprint density at radius 1 is 1.24 bits per heavy atom. The Morgan fingerprint density at radius 3 is 2.76 bits per heavy atom. The minimum atomic E-state index is -0.0327. The molecular formula is C20H20N2O3. The number of carbonyl (C=O) groups excluding carboxylic acids is 1. The molecular weight excluding hydrogens is 316 g/mol. The SMILES string of the molecule is COc1cccc(C2CCCN2C(=O)COc2ccc(C#N)cc2)c1. The third-order valence-corrected chi connectivity index (χ3v) is 4.40. The number of hydrogen-bond donors (Lipinski definition) is 0. The van der Waals surface area contributed by atoms with Crippen LogP contribution in [0.25, 0.3) is 0 Å². The van der Waals surface area contributed by atoms with E-state index in [2.05, 4.69) is 6.07 Å². The highest BCUT2D eigenvalue weighted by molar-refractivity contribution is 5.78. The fourth-order valence-corrected chi connectivity index (χ4v) is 3.11. The van der Waals surface area contributed by atoms with E-state index in [1.807, 2.05) is 29.2 Å². The van der Waals surface area contributed by atoms with Gasteiger partial charge in [-0.3, -0.25) is 4.79 Å². The van der Waals surface area contributed by atoms with Gasteiger partial charge in [0.05, 0.1) is 24.8 Å². The molecule has 1 amide bonds. The monoisotopic (exact) mass is 336 g/mol. The Labute approximate surface area is 147 Å². The summed E-state index contributed by atoms with van der Waals surface area (Å²) in [6, 6.07) is 16.7. The van der Waals surface area contributed by atoms with E-state index in [0.29, 0.717) is 11.3 Å². The average molecular weight is 336 g/mol. The van der Waals surface area contributed by atoms with E-state index in [1.165, 1.54) is 0 Å². The van der Waals surface area contributed by atoms with Gasteiger partial charge >= 0.3 is 0 Å². The predicted molar refractivity (Wildman–Crippen MR) is 93.3 cm³/mol. The molecule has 1 saturated heterocycles. The fourth-order valence-electron chi connectivity index (χ4n) is 3.11. The molecule has 128 valence electrons. The number of benzene rings is 2. The molecule has 1 heterocycles. The molecule has 2 aromatic carbocycles. The highest BCUT2D eigenvalue weighted by Gasteiger charge is 2.30. The van der Waals surface area contributed by atoms with Crippen molar-refractivity contribution >= 4 is 5.91 Å². The van der Waals surface area contributed by atoms with Crippen LogP contribution in [0.5, 0.6) is 11.5 Å². The molecule has 0 saturated carbocycles. The van der Waals surface area contributed by atoms with Crippen LogP contribution in [-0.2, 0) is 4.79 Å². The zero-order valence-electron chi connectivity index (χ0n) is 14.1. The molecule has 0 radical (unpaired) electrons. The van der Waals surface area contributed by atoms with E-state index in [-0.39, 0.29) is 18.6 Å². The van der Waals surface area contributed by atoms with E-state index >= 15 is 0 Å². The van der Waals surface area contributed by atoms with Gasteiger partial charge in [-0.25, -0.2) is 0 Å². The van der Waals surface area contributed by atoms with Gasteiger partial charge in [0.2, 0.25) is 0 Å². The molecule has 5 heteroatoms. The maximum Gasteiger partial charge on any atom is 0.261 e. The van der Waals surface area contributed by atoms with Crippen molar-refractivity contribution in [2.24, 2.45) is 0 Å². The second kappa shape index (κ2) is 7.71. The van der Waals surface area contributed by atoms with Crippen LogP contribution in [0.15, 0.2) is 48.5 Å². The second-order valence-corrected chi connectivity index (χ2v) is 5.95. The van der Waals surface area contributed by atoms with E-state index in [1.54, 1.807) is 31.4 Å². The first-order valence-electron chi connectivity index (χ1n) is 8.27. The molecule has 1 fully saturated rings. The van der Waals surface area contributed by atoms with Crippen LogP contribution >= 0.6 is 0 Å². The Kier molecular flexibility index (Phi) is 5.20. The van der Waals surface area contributed by atoms with E-state index in [0.717, 1.165) is 30.7 Å². The first kappa shape index (κ1) is 16.8. The summed E-state index contributed by atoms with van der Waals surface area (Å²) >= 11 is 0. The number of likely N-dealkylation sites (tertiary alicyclic amines) is 1. The van der Waals surface area contributed by atoms with Crippen LogP contribution in [0.4, 0.5) is 0 Å². The molecule has 25 heavy (non-hydrogen) atoms. The lowest BCUT2D eigenvalue weighted by Gasteiger charge is -2.25. The highest BCUT2D eigenvalue weighted by Crippen LogP contribution is 2.33. The zero-order valence-corrected chi connectivity index (χ0v) is 14.1. The van der Waals surface area contributed by atoms with E-state index < -0.39 is 0 Å². The van der Waals surface area contributed by atoms with Crippen LogP contribution in [0.1, 0.15) is 30.0 Å². The van der Waals surface area contributed by atoms with Gasteiger partial charge in [0, 0.05) is 6.54 Å². The molecule has 0 N–H and O–H groups in total. The predicted octanol–water partition coefficient (Wildman–Crippen LogP) is 3.31. The standard InChI is InChI=1S/C20H20N2O3/c1-24-18-5-2-4-16(12-18)19-6-3-11-22(19)20(23)14-25-17-9-7-15(13-21)8-10-17/h2,4-5,7-10,12,19H,3,6,11,14H2,1H3. The Bertz CT molecular complexity index is 780. The number of methoxy groups -OCH3 is 1. The summed E-state index contributed by atoms with van der Waals surface area (Å²) in [5.74, 6) is 1.35. The maximum absolute atomic E-state index is 12.6. The van der Waals surface area contributed by atoms with Crippen molar-refractivity contribution < 1.29 is 14.3 Å². The minimum Gasteiger partial charge on any atom is -0.497 e. The van der Waals surface area contributed by atoms with Crippen molar-refractivity contribution in [1.29, 1.82) is 5.26 Å². The molecule has 0 spiro atoms. The van der Waals surface area contributed by atoms with Gasteiger partial charge in [-0.1, -0.05) is 12.1 Å². The van der Waals surface area contributed by atoms with E-state index in [9.17, 15) is 4.79 Å². The Hall–Kier alpha value is -3.00. The van der Waals surface area contributed by atoms with Crippen molar-refractivity contribution in [3.05, 3.63) is 59.7 Å². The molecule has 0 aliphatic carbocycles. The molecule has 0 bridgehead atoms. The lowest BCUT2D eigenvalue weighted by molar-refractivity contribution is -0.134. The van der Waals surface area contributed by atoms with Gasteiger partial charge in [-0.2, -0.15) is 5.26 Å². The molecule has 1 unspecified atom stereocenters. The normalized spacial score (nSPS) is 16.3. The Balaban J connectivity index is 1.65. The molecule has 1 aliphatic rings. The largest absolute Gasteiger partial charge is 0.497 e. The second-order valence-electron chi connectivity index (χ2n) is 5.95. The molecule has 5 nitrogen and oxygen atoms in total. The van der Waals surface area contributed by atoms with Gasteiger partial charge in [-0.15, -0.1) is 0 Å². The van der Waals surface area contributed by atoms with Crippen molar-refractivity contribution in [2.45, 2.75) is 18.9 Å². The third kappa shape index (κ3) is 3.92. The number of nitriles is 1. The molecule has 0 aromatic heterocycles. The van der Waals surface area contributed by atoms with Crippen LogP contribution < -0.4 is 9.47 Å². The summed E-state index contributed by atoms with van der Waals surface area (Å²) in [5.41, 5.74) is 1.65. The number of nitrogens with zero attached hydrogens (tertiary/aromatic N) is 2. The number of rotatable bonds is 5. The summed E-state index contributed by atoms with van der Waals surface area (Å²) in [6.45, 7) is 0.726. The van der Waals surface area contributed by atoms with Crippen molar-refractivity contribution in [1.82, 2.24) is 4.90 Å². The molecule has 1 atom stereocenters. The first-order valence-corrected chi connectivity index (χ1v) is 8.27. The molecule has 2 aromatic rings. The topological polar surface area (TPSA) is 62.6 Å². The molecule has 1 aliphatic heterocycles. The quantitative estimate of drug-likeness (QED) is 0.840. The summed E-state index contributed by atoms with van der Waals surface area (Å²) in [4.78, 5) is 14.5. The number of hydrogen-bond acceptors (Lipinski definition) is 4. The molecule has 3 rings (SSSR count). The summed E-state index contributed by atoms with van der Waals surface area (Å²) < 4.78 is 10.9. The van der Waals surface area contributed by atoms with Crippen LogP contribution in [-0.4, -0.2) is 31.1 Å². The third-order valence-electron chi connectivity index (χ3n) is 4.40. The number of carbonyl (C=O) groups is 1. The summed E-state index contributed by atoms with van der Waals surface area (Å²) in [5, 5.41) is 8.80. The lowest BCUT2D eigenvalue weighted by Crippen LogP contribution is -2.34. The minimum absolute atomic E-state index is 0.00757. The van der Waals surface area contributed by atoms with Gasteiger partial charge in [-0.05, 0) is 54.8 Å².